The molecule has 1 aliphatic heterocycles. The van der Waals surface area contributed by atoms with E-state index in [0.717, 1.165) is 47.5 Å². The van der Waals surface area contributed by atoms with E-state index in [9.17, 15) is 14.7 Å². The lowest BCUT2D eigenvalue weighted by atomic mass is 10.1. The summed E-state index contributed by atoms with van der Waals surface area (Å²) in [5, 5.41) is 15.1. The predicted molar refractivity (Wildman–Crippen MR) is 126 cm³/mol. The van der Waals surface area contributed by atoms with Crippen molar-refractivity contribution in [1.82, 2.24) is 0 Å². The first-order valence-corrected chi connectivity index (χ1v) is 11.2. The van der Waals surface area contributed by atoms with Gasteiger partial charge in [0.2, 0.25) is 5.91 Å². The summed E-state index contributed by atoms with van der Waals surface area (Å²) < 4.78 is 0. The second-order valence-electron chi connectivity index (χ2n) is 7.26. The number of aromatic carboxylic acids is 1. The fourth-order valence-electron chi connectivity index (χ4n) is 3.69. The minimum atomic E-state index is -1.07. The number of nitrogens with zero attached hydrogens (tertiary/aromatic N) is 2. The van der Waals surface area contributed by atoms with Gasteiger partial charge in [-0.15, -0.1) is 11.3 Å². The maximum atomic E-state index is 12.3. The Balaban J connectivity index is 1.45. The lowest BCUT2D eigenvalue weighted by Gasteiger charge is -2.37. The van der Waals surface area contributed by atoms with Crippen molar-refractivity contribution in [2.24, 2.45) is 0 Å². The number of anilines is 3. The summed E-state index contributed by atoms with van der Waals surface area (Å²) in [6.07, 6.45) is 0.225. The van der Waals surface area contributed by atoms with Crippen LogP contribution < -0.4 is 15.1 Å². The quantitative estimate of drug-likeness (QED) is 0.568. The molecule has 4 rings (SSSR count). The van der Waals surface area contributed by atoms with Crippen LogP contribution in [0.1, 0.15) is 15.2 Å². The number of carboxylic acid groups (broad SMARTS) is 1. The molecule has 8 heteroatoms. The van der Waals surface area contributed by atoms with Gasteiger partial charge in [-0.1, -0.05) is 29.8 Å². The zero-order chi connectivity index (χ0) is 21.8. The zero-order valence-corrected chi connectivity index (χ0v) is 18.3. The van der Waals surface area contributed by atoms with Crippen LogP contribution in [0.3, 0.4) is 0 Å². The maximum absolute atomic E-state index is 12.3. The molecule has 0 radical (unpaired) electrons. The number of nitrogens with one attached hydrogen (secondary N) is 1. The Morgan fingerprint density at radius 1 is 1.00 bits per heavy atom. The molecule has 1 fully saturated rings. The molecule has 160 valence electrons. The number of carboxylic acids is 1. The zero-order valence-electron chi connectivity index (χ0n) is 16.8. The van der Waals surface area contributed by atoms with E-state index in [1.54, 1.807) is 12.1 Å². The fraction of sp³-hybridized carbons (Fsp3) is 0.217. The molecule has 0 spiro atoms. The Bertz CT molecular complexity index is 1080. The largest absolute Gasteiger partial charge is 0.478 e. The molecule has 1 aromatic heterocycles. The standard InChI is InChI=1S/C23H22ClN3O3S/c24-19-5-1-2-6-21(19)27-11-9-26(10-12-27)16-7-8-20(18(14-16)23(29)30)25-22(28)15-17-4-3-13-31-17/h1-8,13-14H,9-12,15H2,(H,25,28)(H,29,30). The highest BCUT2D eigenvalue weighted by Gasteiger charge is 2.21. The molecule has 2 N–H and O–H groups in total. The predicted octanol–water partition coefficient (Wildman–Crippen LogP) is 4.61. The first-order valence-electron chi connectivity index (χ1n) is 9.95. The van der Waals surface area contributed by atoms with Crippen molar-refractivity contribution in [3.63, 3.8) is 0 Å². The summed E-state index contributed by atoms with van der Waals surface area (Å²) in [6, 6.07) is 16.7. The first-order chi connectivity index (χ1) is 15.0. The van der Waals surface area contributed by atoms with Gasteiger partial charge in [-0.25, -0.2) is 4.79 Å². The van der Waals surface area contributed by atoms with Crippen LogP contribution in [0.4, 0.5) is 17.1 Å². The van der Waals surface area contributed by atoms with Gasteiger partial charge in [0, 0.05) is 36.7 Å². The van der Waals surface area contributed by atoms with E-state index in [-0.39, 0.29) is 17.9 Å². The van der Waals surface area contributed by atoms with Crippen molar-refractivity contribution in [3.8, 4) is 0 Å². The molecule has 3 aromatic rings. The number of carbonyl (C=O) groups is 2. The monoisotopic (exact) mass is 455 g/mol. The number of hydrogen-bond donors (Lipinski definition) is 2. The topological polar surface area (TPSA) is 72.9 Å². The van der Waals surface area contributed by atoms with E-state index in [2.05, 4.69) is 15.1 Å². The second kappa shape index (κ2) is 9.41. The number of thiophene rings is 1. The Hall–Kier alpha value is -3.03. The summed E-state index contributed by atoms with van der Waals surface area (Å²) in [5.74, 6) is -1.30. The highest BCUT2D eigenvalue weighted by molar-refractivity contribution is 7.10. The van der Waals surface area contributed by atoms with Crippen LogP contribution in [-0.4, -0.2) is 43.2 Å². The van der Waals surface area contributed by atoms with Crippen molar-refractivity contribution in [2.45, 2.75) is 6.42 Å². The van der Waals surface area contributed by atoms with E-state index in [4.69, 9.17) is 11.6 Å². The molecular weight excluding hydrogens is 434 g/mol. The summed E-state index contributed by atoms with van der Waals surface area (Å²) in [7, 11) is 0. The van der Waals surface area contributed by atoms with Crippen LogP contribution >= 0.6 is 22.9 Å². The Morgan fingerprint density at radius 3 is 2.42 bits per heavy atom. The molecular formula is C23H22ClN3O3S. The molecule has 0 saturated carbocycles. The van der Waals surface area contributed by atoms with Crippen LogP contribution in [0.25, 0.3) is 0 Å². The third-order valence-corrected chi connectivity index (χ3v) is 6.46. The second-order valence-corrected chi connectivity index (χ2v) is 8.70. The molecule has 0 bridgehead atoms. The van der Waals surface area contributed by atoms with Gasteiger partial charge in [-0.05, 0) is 41.8 Å². The van der Waals surface area contributed by atoms with Crippen molar-refractivity contribution >= 4 is 51.9 Å². The summed E-state index contributed by atoms with van der Waals surface area (Å²) in [5.41, 5.74) is 2.24. The van der Waals surface area contributed by atoms with Crippen molar-refractivity contribution in [3.05, 3.63) is 75.4 Å². The van der Waals surface area contributed by atoms with Gasteiger partial charge >= 0.3 is 5.97 Å². The maximum Gasteiger partial charge on any atom is 0.337 e. The fourth-order valence-corrected chi connectivity index (χ4v) is 4.65. The van der Waals surface area contributed by atoms with Crippen LogP contribution in [0.5, 0.6) is 0 Å². The summed E-state index contributed by atoms with van der Waals surface area (Å²) in [4.78, 5) is 29.5. The molecule has 1 saturated heterocycles. The third kappa shape index (κ3) is 5.00. The SMILES string of the molecule is O=C(Cc1cccs1)Nc1ccc(N2CCN(c3ccccc3Cl)CC2)cc1C(=O)O. The summed E-state index contributed by atoms with van der Waals surface area (Å²) >= 11 is 7.81. The smallest absolute Gasteiger partial charge is 0.337 e. The number of amides is 1. The van der Waals surface area contributed by atoms with Crippen molar-refractivity contribution < 1.29 is 14.7 Å². The van der Waals surface area contributed by atoms with Gasteiger partial charge in [-0.3, -0.25) is 4.79 Å². The van der Waals surface area contributed by atoms with E-state index in [0.29, 0.717) is 5.69 Å². The molecule has 31 heavy (non-hydrogen) atoms. The molecule has 0 unspecified atom stereocenters. The number of piperazine rings is 1. The highest BCUT2D eigenvalue weighted by atomic mass is 35.5. The molecule has 0 aliphatic carbocycles. The average molecular weight is 456 g/mol. The first kappa shape index (κ1) is 21.2. The molecule has 1 aliphatic rings. The average Bonchev–Trinajstić information content (AvgIpc) is 3.27. The van der Waals surface area contributed by atoms with Gasteiger partial charge in [-0.2, -0.15) is 0 Å². The Labute approximate surface area is 189 Å². The minimum absolute atomic E-state index is 0.0885. The lowest BCUT2D eigenvalue weighted by Crippen LogP contribution is -2.46. The van der Waals surface area contributed by atoms with Crippen LogP contribution in [0.2, 0.25) is 5.02 Å². The molecule has 6 nitrogen and oxygen atoms in total. The van der Waals surface area contributed by atoms with Crippen molar-refractivity contribution in [1.29, 1.82) is 0 Å². The van der Waals surface area contributed by atoms with Gasteiger partial charge in [0.25, 0.3) is 0 Å². The number of benzene rings is 2. The molecule has 2 aromatic carbocycles. The molecule has 1 amide bonds. The van der Waals surface area contributed by atoms with Gasteiger partial charge in [0.1, 0.15) is 0 Å². The van der Waals surface area contributed by atoms with Crippen molar-refractivity contribution in [2.75, 3.05) is 41.3 Å². The van der Waals surface area contributed by atoms with E-state index in [1.165, 1.54) is 11.3 Å². The van der Waals surface area contributed by atoms with E-state index in [1.807, 2.05) is 47.8 Å². The molecule has 2 heterocycles. The van der Waals surface area contributed by atoms with Gasteiger partial charge < -0.3 is 20.2 Å². The van der Waals surface area contributed by atoms with Gasteiger partial charge in [0.05, 0.1) is 28.4 Å². The number of halogens is 1. The van der Waals surface area contributed by atoms with E-state index >= 15 is 0 Å². The highest BCUT2D eigenvalue weighted by Crippen LogP contribution is 2.29. The molecule has 0 atom stereocenters. The minimum Gasteiger partial charge on any atom is -0.478 e. The summed E-state index contributed by atoms with van der Waals surface area (Å²) in [6.45, 7) is 3.06. The number of rotatable bonds is 6. The number of para-hydroxylation sites is 1. The number of carbonyl (C=O) groups excluding carboxylic acids is 1. The van der Waals surface area contributed by atoms with Crippen LogP contribution in [0, 0.1) is 0 Å². The van der Waals surface area contributed by atoms with Crippen LogP contribution in [0.15, 0.2) is 60.0 Å². The lowest BCUT2D eigenvalue weighted by molar-refractivity contribution is -0.115. The Kier molecular flexibility index (Phi) is 6.44. The third-order valence-electron chi connectivity index (χ3n) is 5.26. The number of hydrogen-bond acceptors (Lipinski definition) is 5. The van der Waals surface area contributed by atoms with Gasteiger partial charge in [0.15, 0.2) is 0 Å². The Morgan fingerprint density at radius 2 is 1.74 bits per heavy atom. The van der Waals surface area contributed by atoms with E-state index < -0.39 is 5.97 Å². The normalized spacial score (nSPS) is 13.8. The van der Waals surface area contributed by atoms with Crippen LogP contribution in [-0.2, 0) is 11.2 Å².